The number of oxime groups is 1. The number of methoxy groups -OCH3 is 2. The van der Waals surface area contributed by atoms with Gasteiger partial charge in [0.1, 0.15) is 0 Å². The number of esters is 2. The van der Waals surface area contributed by atoms with Gasteiger partial charge in [-0.2, -0.15) is 0 Å². The van der Waals surface area contributed by atoms with Crippen molar-refractivity contribution in [2.24, 2.45) is 61.8 Å². The first-order chi connectivity index (χ1) is 25.1. The van der Waals surface area contributed by atoms with E-state index in [0.29, 0.717) is 41.9 Å². The predicted molar refractivity (Wildman–Crippen MR) is 211 cm³/mol. The van der Waals surface area contributed by atoms with Gasteiger partial charge in [0.05, 0.1) is 25.3 Å². The zero-order valence-corrected chi connectivity index (χ0v) is 34.8. The van der Waals surface area contributed by atoms with E-state index in [1.165, 1.54) is 71.2 Å². The van der Waals surface area contributed by atoms with Gasteiger partial charge in [0.2, 0.25) is 12.5 Å². The third kappa shape index (κ3) is 7.73. The molecule has 8 nitrogen and oxygen atoms in total. The van der Waals surface area contributed by atoms with Gasteiger partial charge in [0.25, 0.3) is 0 Å². The Kier molecular flexibility index (Phi) is 13.2. The Morgan fingerprint density at radius 3 is 2.08 bits per heavy atom. The van der Waals surface area contributed by atoms with Crippen LogP contribution in [0.2, 0.25) is 0 Å². The zero-order valence-electron chi connectivity index (χ0n) is 34.8. The lowest BCUT2D eigenvalue weighted by Crippen LogP contribution is -2.67. The number of ether oxygens (including phenoxy) is 2. The quantitative estimate of drug-likeness (QED) is 0.0732. The summed E-state index contributed by atoms with van der Waals surface area (Å²) in [5.74, 6) is 2.26. The van der Waals surface area contributed by atoms with Crippen LogP contribution < -0.4 is 5.32 Å². The molecule has 9 atom stereocenters. The molecule has 5 aliphatic rings. The first-order valence-corrected chi connectivity index (χ1v) is 21.4. The number of unbranched alkanes of at least 4 members (excludes halogenated alkanes) is 7. The molecule has 1 N–H and O–H groups in total. The molecule has 0 heterocycles. The predicted octanol–water partition coefficient (Wildman–Crippen LogP) is 9.99. The van der Waals surface area contributed by atoms with E-state index >= 15 is 0 Å². The van der Waals surface area contributed by atoms with Gasteiger partial charge in [-0.05, 0) is 130 Å². The van der Waals surface area contributed by atoms with Gasteiger partial charge in [-0.1, -0.05) is 90.5 Å². The van der Waals surface area contributed by atoms with E-state index < -0.39 is 5.97 Å². The number of hydrogen-bond donors (Lipinski definition) is 1. The van der Waals surface area contributed by atoms with Crippen molar-refractivity contribution in [3.63, 3.8) is 0 Å². The molecular formula is C45H74N2O6. The van der Waals surface area contributed by atoms with Crippen LogP contribution in [0.15, 0.2) is 17.3 Å². The molecule has 5 fully saturated rings. The molecule has 0 bridgehead atoms. The SMILES string of the molecule is C=C(C)[C@@H]1CC[C@]2(C(=O)NCCCCCCCCCCC(=O)OC)CC[C@]3(C)[C@H](CCC4[C@@]5(C)CCC(=NOCC(=O)OC)C(C)(C)[C@@H]5CC[C@]43C)[C@@H]12. The smallest absolute Gasteiger partial charge is 0.346 e. The second-order valence-electron chi connectivity index (χ2n) is 19.4. The fourth-order valence-corrected chi connectivity index (χ4v) is 13.7. The highest BCUT2D eigenvalue weighted by Crippen LogP contribution is 2.77. The van der Waals surface area contributed by atoms with Gasteiger partial charge in [-0.25, -0.2) is 4.79 Å². The van der Waals surface area contributed by atoms with E-state index in [0.717, 1.165) is 76.5 Å². The van der Waals surface area contributed by atoms with Crippen LogP contribution in [0, 0.1) is 56.7 Å². The van der Waals surface area contributed by atoms with Crippen LogP contribution in [0.5, 0.6) is 0 Å². The highest BCUT2D eigenvalue weighted by molar-refractivity contribution is 5.90. The summed E-state index contributed by atoms with van der Waals surface area (Å²) in [6.45, 7) is 20.0. The summed E-state index contributed by atoms with van der Waals surface area (Å²) < 4.78 is 9.50. The maximum Gasteiger partial charge on any atom is 0.346 e. The number of carbonyl (C=O) groups excluding carboxylic acids is 3. The van der Waals surface area contributed by atoms with E-state index in [-0.39, 0.29) is 39.7 Å². The van der Waals surface area contributed by atoms with Gasteiger partial charge in [-0.15, -0.1) is 0 Å². The van der Waals surface area contributed by atoms with Crippen LogP contribution in [0.4, 0.5) is 0 Å². The normalized spacial score (nSPS) is 37.7. The molecule has 5 aliphatic carbocycles. The average Bonchev–Trinajstić information content (AvgIpc) is 3.53. The number of nitrogens with one attached hydrogen (secondary N) is 1. The Morgan fingerprint density at radius 2 is 1.42 bits per heavy atom. The maximum atomic E-state index is 14.5. The summed E-state index contributed by atoms with van der Waals surface area (Å²) in [6, 6.07) is 0. The summed E-state index contributed by atoms with van der Waals surface area (Å²) >= 11 is 0. The molecule has 0 saturated heterocycles. The molecule has 5 saturated carbocycles. The van der Waals surface area contributed by atoms with Gasteiger partial charge >= 0.3 is 11.9 Å². The Balaban J connectivity index is 1.23. The Bertz CT molecular complexity index is 1370. The van der Waals surface area contributed by atoms with E-state index in [9.17, 15) is 14.4 Å². The summed E-state index contributed by atoms with van der Waals surface area (Å²) in [6.07, 6.45) is 20.6. The first kappa shape index (κ1) is 41.8. The van der Waals surface area contributed by atoms with E-state index in [2.05, 4.69) is 58.6 Å². The summed E-state index contributed by atoms with van der Waals surface area (Å²) in [5.41, 5.74) is 2.57. The Labute approximate surface area is 321 Å². The molecule has 0 aromatic heterocycles. The lowest BCUT2D eigenvalue weighted by atomic mass is 9.32. The summed E-state index contributed by atoms with van der Waals surface area (Å²) in [7, 11) is 2.83. The average molecular weight is 739 g/mol. The fourth-order valence-electron chi connectivity index (χ4n) is 13.7. The Morgan fingerprint density at radius 1 is 0.755 bits per heavy atom. The number of amides is 1. The van der Waals surface area contributed by atoms with Crippen molar-refractivity contribution < 1.29 is 28.7 Å². The molecule has 300 valence electrons. The van der Waals surface area contributed by atoms with Crippen molar-refractivity contribution in [3.05, 3.63) is 12.2 Å². The number of carbonyl (C=O) groups is 3. The third-order valence-electron chi connectivity index (χ3n) is 16.7. The van der Waals surface area contributed by atoms with E-state index in [1.807, 2.05) is 0 Å². The number of fused-ring (bicyclic) bond motifs is 7. The highest BCUT2D eigenvalue weighted by atomic mass is 16.6. The topological polar surface area (TPSA) is 103 Å². The van der Waals surface area contributed by atoms with Crippen LogP contribution >= 0.6 is 0 Å². The molecule has 0 radical (unpaired) electrons. The largest absolute Gasteiger partial charge is 0.469 e. The van der Waals surface area contributed by atoms with Crippen LogP contribution in [-0.4, -0.2) is 50.9 Å². The molecule has 5 rings (SSSR count). The van der Waals surface area contributed by atoms with Crippen molar-refractivity contribution in [3.8, 4) is 0 Å². The molecule has 0 aliphatic heterocycles. The van der Waals surface area contributed by atoms with Gasteiger partial charge < -0.3 is 19.6 Å². The monoisotopic (exact) mass is 739 g/mol. The summed E-state index contributed by atoms with van der Waals surface area (Å²) in [4.78, 5) is 43.0. The minimum absolute atomic E-state index is 0.106. The van der Waals surface area contributed by atoms with Crippen molar-refractivity contribution in [2.75, 3.05) is 27.4 Å². The molecule has 0 aromatic rings. The lowest BCUT2D eigenvalue weighted by molar-refractivity contribution is -0.227. The molecule has 8 heteroatoms. The fraction of sp³-hybridized carbons (Fsp3) is 0.867. The maximum absolute atomic E-state index is 14.5. The number of allylic oxidation sites excluding steroid dienone is 1. The van der Waals surface area contributed by atoms with E-state index in [4.69, 9.17) is 14.3 Å². The second kappa shape index (κ2) is 16.8. The second-order valence-corrected chi connectivity index (χ2v) is 19.4. The van der Waals surface area contributed by atoms with Crippen molar-refractivity contribution in [2.45, 2.75) is 164 Å². The van der Waals surface area contributed by atoms with Crippen LogP contribution in [0.3, 0.4) is 0 Å². The number of nitrogens with zero attached hydrogens (tertiary/aromatic N) is 1. The lowest BCUT2D eigenvalue weighted by Gasteiger charge is -2.72. The van der Waals surface area contributed by atoms with Crippen LogP contribution in [-0.2, 0) is 28.7 Å². The third-order valence-corrected chi connectivity index (χ3v) is 16.7. The van der Waals surface area contributed by atoms with Crippen molar-refractivity contribution in [1.82, 2.24) is 5.32 Å². The van der Waals surface area contributed by atoms with Gasteiger partial charge in [0, 0.05) is 18.4 Å². The highest BCUT2D eigenvalue weighted by Gasteiger charge is 2.71. The molecule has 1 amide bonds. The molecule has 0 aromatic carbocycles. The van der Waals surface area contributed by atoms with Crippen molar-refractivity contribution >= 4 is 23.6 Å². The van der Waals surface area contributed by atoms with E-state index in [1.54, 1.807) is 0 Å². The standard InChI is InChI=1S/C45H74N2O6/c1-31(2)32-21-26-45(40(50)46-29-17-15-13-11-10-12-14-16-18-37(48)51-8)28-27-43(6)33(39(32)45)19-20-35-42(5)24-23-36(47-53-30-38(49)52-9)41(3,4)34(42)22-25-44(35,43)7/h32-35,39H,1,10-30H2,2-9H3,(H,46,50)/t32-,33+,34-,35?,39+,42-,43+,44+,45-/m0/s1. The number of hydrogen-bond acceptors (Lipinski definition) is 7. The molecule has 53 heavy (non-hydrogen) atoms. The minimum Gasteiger partial charge on any atom is -0.469 e. The molecule has 0 spiro atoms. The van der Waals surface area contributed by atoms with Gasteiger partial charge in [0.15, 0.2) is 0 Å². The molecule has 1 unspecified atom stereocenters. The van der Waals surface area contributed by atoms with Crippen molar-refractivity contribution in [1.29, 1.82) is 0 Å². The summed E-state index contributed by atoms with van der Waals surface area (Å²) in [5, 5.41) is 8.05. The molecular weight excluding hydrogens is 665 g/mol. The van der Waals surface area contributed by atoms with Crippen LogP contribution in [0.1, 0.15) is 164 Å². The Hall–Kier alpha value is -2.38. The van der Waals surface area contributed by atoms with Gasteiger partial charge in [-0.3, -0.25) is 9.59 Å². The zero-order chi connectivity index (χ0) is 38.7. The first-order valence-electron chi connectivity index (χ1n) is 21.4. The minimum atomic E-state index is -0.402. The number of rotatable bonds is 16. The van der Waals surface area contributed by atoms with Crippen LogP contribution in [0.25, 0.3) is 0 Å².